The van der Waals surface area contributed by atoms with Crippen molar-refractivity contribution in [2.24, 2.45) is 16.8 Å². The van der Waals surface area contributed by atoms with Crippen LogP contribution in [0, 0.1) is 11.8 Å². The minimum Gasteiger partial charge on any atom is -0.359 e. The summed E-state index contributed by atoms with van der Waals surface area (Å²) in [7, 11) is 0. The van der Waals surface area contributed by atoms with E-state index in [1.54, 1.807) is 0 Å². The summed E-state index contributed by atoms with van der Waals surface area (Å²) < 4.78 is 0. The smallest absolute Gasteiger partial charge is 0.157 e. The van der Waals surface area contributed by atoms with Crippen LogP contribution in [0.15, 0.2) is 4.99 Å². The zero-order valence-electron chi connectivity index (χ0n) is 10.9. The van der Waals surface area contributed by atoms with E-state index in [9.17, 15) is 0 Å². The van der Waals surface area contributed by atoms with Gasteiger partial charge in [-0.1, -0.05) is 32.5 Å². The first-order chi connectivity index (χ1) is 7.54. The number of hydrogen-bond acceptors (Lipinski definition) is 2. The molecule has 0 bridgehead atoms. The Morgan fingerprint density at radius 1 is 1.44 bits per heavy atom. The predicted octanol–water partition coefficient (Wildman–Crippen LogP) is 3.28. The van der Waals surface area contributed by atoms with Gasteiger partial charge in [-0.25, -0.2) is 0 Å². The van der Waals surface area contributed by atoms with Gasteiger partial charge < -0.3 is 5.32 Å². The molecule has 2 nitrogen and oxygen atoms in total. The molecule has 92 valence electrons. The SMILES string of the molecule is CCC1(C)CSC(=NC2CCC(C)C2C)N1. The summed E-state index contributed by atoms with van der Waals surface area (Å²) in [6.07, 6.45) is 3.80. The minimum absolute atomic E-state index is 0.275. The van der Waals surface area contributed by atoms with Gasteiger partial charge in [0, 0.05) is 11.3 Å². The molecule has 1 saturated carbocycles. The molecule has 0 aromatic rings. The number of nitrogens with zero attached hydrogens (tertiary/aromatic N) is 1. The Morgan fingerprint density at radius 2 is 2.19 bits per heavy atom. The molecule has 0 radical (unpaired) electrons. The van der Waals surface area contributed by atoms with E-state index < -0.39 is 0 Å². The lowest BCUT2D eigenvalue weighted by Gasteiger charge is -2.21. The molecule has 1 heterocycles. The van der Waals surface area contributed by atoms with Gasteiger partial charge in [-0.05, 0) is 38.0 Å². The van der Waals surface area contributed by atoms with Gasteiger partial charge in [0.15, 0.2) is 5.17 Å². The third-order valence-electron chi connectivity index (χ3n) is 4.42. The molecule has 0 spiro atoms. The molecular formula is C13H24N2S. The van der Waals surface area contributed by atoms with Gasteiger partial charge in [-0.15, -0.1) is 0 Å². The first-order valence-electron chi connectivity index (χ1n) is 6.53. The van der Waals surface area contributed by atoms with Gasteiger partial charge in [0.25, 0.3) is 0 Å². The van der Waals surface area contributed by atoms with E-state index >= 15 is 0 Å². The van der Waals surface area contributed by atoms with Gasteiger partial charge in [-0.3, -0.25) is 4.99 Å². The van der Waals surface area contributed by atoms with Crippen molar-refractivity contribution in [1.82, 2.24) is 5.32 Å². The molecule has 16 heavy (non-hydrogen) atoms. The third kappa shape index (κ3) is 2.39. The van der Waals surface area contributed by atoms with Gasteiger partial charge >= 0.3 is 0 Å². The Labute approximate surface area is 104 Å². The summed E-state index contributed by atoms with van der Waals surface area (Å²) in [5.74, 6) is 2.76. The Hall–Kier alpha value is -0.180. The van der Waals surface area contributed by atoms with Gasteiger partial charge in [-0.2, -0.15) is 0 Å². The van der Waals surface area contributed by atoms with Crippen molar-refractivity contribution in [3.8, 4) is 0 Å². The molecule has 1 saturated heterocycles. The molecule has 2 rings (SSSR count). The second-order valence-corrected chi connectivity index (χ2v) is 6.71. The number of rotatable bonds is 2. The molecule has 1 aliphatic heterocycles. The normalized spacial score (nSPS) is 46.2. The summed E-state index contributed by atoms with van der Waals surface area (Å²) in [5, 5.41) is 4.78. The lowest BCUT2D eigenvalue weighted by Crippen LogP contribution is -2.40. The van der Waals surface area contributed by atoms with E-state index in [1.165, 1.54) is 30.2 Å². The molecule has 4 unspecified atom stereocenters. The summed E-state index contributed by atoms with van der Waals surface area (Å²) in [6.45, 7) is 9.25. The van der Waals surface area contributed by atoms with E-state index in [-0.39, 0.29) is 5.54 Å². The van der Waals surface area contributed by atoms with E-state index in [1.807, 2.05) is 11.8 Å². The maximum atomic E-state index is 4.92. The molecule has 3 heteroatoms. The highest BCUT2D eigenvalue weighted by molar-refractivity contribution is 8.14. The Balaban J connectivity index is 1.99. The van der Waals surface area contributed by atoms with Crippen LogP contribution < -0.4 is 5.32 Å². The highest BCUT2D eigenvalue weighted by Gasteiger charge is 2.34. The number of amidine groups is 1. The average molecular weight is 240 g/mol. The fourth-order valence-electron chi connectivity index (χ4n) is 2.49. The molecule has 2 fully saturated rings. The van der Waals surface area contributed by atoms with Gasteiger partial charge in [0.2, 0.25) is 0 Å². The molecule has 2 aliphatic rings. The summed E-state index contributed by atoms with van der Waals surface area (Å²) in [6, 6.07) is 0.559. The molecule has 1 N–H and O–H groups in total. The van der Waals surface area contributed by atoms with Crippen molar-refractivity contribution in [1.29, 1.82) is 0 Å². The van der Waals surface area contributed by atoms with Gasteiger partial charge in [0.05, 0.1) is 6.04 Å². The zero-order chi connectivity index (χ0) is 11.8. The van der Waals surface area contributed by atoms with Crippen LogP contribution in [0.5, 0.6) is 0 Å². The van der Waals surface area contributed by atoms with Crippen LogP contribution in [0.1, 0.15) is 47.0 Å². The van der Waals surface area contributed by atoms with Crippen LogP contribution in [0.2, 0.25) is 0 Å². The molecule has 0 amide bonds. The van der Waals surface area contributed by atoms with Crippen LogP contribution in [-0.2, 0) is 0 Å². The first-order valence-corrected chi connectivity index (χ1v) is 7.51. The Bertz CT molecular complexity index is 290. The van der Waals surface area contributed by atoms with Crippen molar-refractivity contribution in [2.45, 2.75) is 58.5 Å². The second-order valence-electron chi connectivity index (χ2n) is 5.74. The van der Waals surface area contributed by atoms with Crippen LogP contribution in [-0.4, -0.2) is 22.5 Å². The number of nitrogens with one attached hydrogen (secondary N) is 1. The Morgan fingerprint density at radius 3 is 2.69 bits per heavy atom. The molecule has 0 aromatic carbocycles. The van der Waals surface area contributed by atoms with Gasteiger partial charge in [0.1, 0.15) is 0 Å². The van der Waals surface area contributed by atoms with E-state index in [2.05, 4.69) is 33.0 Å². The predicted molar refractivity (Wildman–Crippen MR) is 73.1 cm³/mol. The quantitative estimate of drug-likeness (QED) is 0.801. The topological polar surface area (TPSA) is 24.4 Å². The summed E-state index contributed by atoms with van der Waals surface area (Å²) in [5.41, 5.74) is 0.275. The van der Waals surface area contributed by atoms with Crippen molar-refractivity contribution >= 4 is 16.9 Å². The standard InChI is InChI=1S/C13H24N2S/c1-5-13(4)8-16-12(15-13)14-11-7-6-9(2)10(11)3/h9-11H,5-8H2,1-4H3,(H,14,15). The monoisotopic (exact) mass is 240 g/mol. The summed E-state index contributed by atoms with van der Waals surface area (Å²) >= 11 is 1.90. The number of aliphatic imine (C=N–C) groups is 1. The maximum absolute atomic E-state index is 4.92. The van der Waals surface area contributed by atoms with Crippen molar-refractivity contribution < 1.29 is 0 Å². The zero-order valence-corrected chi connectivity index (χ0v) is 11.7. The highest BCUT2D eigenvalue weighted by Crippen LogP contribution is 2.35. The fourth-order valence-corrected chi connectivity index (χ4v) is 3.75. The van der Waals surface area contributed by atoms with Crippen molar-refractivity contribution in [3.63, 3.8) is 0 Å². The molecular weight excluding hydrogens is 216 g/mol. The lowest BCUT2D eigenvalue weighted by molar-refractivity contribution is 0.421. The van der Waals surface area contributed by atoms with E-state index in [0.717, 1.165) is 11.8 Å². The average Bonchev–Trinajstić information content (AvgIpc) is 2.78. The number of hydrogen-bond donors (Lipinski definition) is 1. The minimum atomic E-state index is 0.275. The van der Waals surface area contributed by atoms with Crippen LogP contribution in [0.25, 0.3) is 0 Å². The first kappa shape index (κ1) is 12.3. The second kappa shape index (κ2) is 4.59. The molecule has 0 aromatic heterocycles. The highest BCUT2D eigenvalue weighted by atomic mass is 32.2. The van der Waals surface area contributed by atoms with Crippen molar-refractivity contribution in [2.75, 3.05) is 5.75 Å². The van der Waals surface area contributed by atoms with Crippen LogP contribution in [0.3, 0.4) is 0 Å². The Kier molecular flexibility index (Phi) is 3.53. The van der Waals surface area contributed by atoms with E-state index in [4.69, 9.17) is 4.99 Å². The van der Waals surface area contributed by atoms with Crippen LogP contribution in [0.4, 0.5) is 0 Å². The largest absolute Gasteiger partial charge is 0.359 e. The van der Waals surface area contributed by atoms with Crippen LogP contribution >= 0.6 is 11.8 Å². The lowest BCUT2D eigenvalue weighted by atomic mass is 9.98. The van der Waals surface area contributed by atoms with E-state index in [0.29, 0.717) is 6.04 Å². The fraction of sp³-hybridized carbons (Fsp3) is 0.923. The maximum Gasteiger partial charge on any atom is 0.157 e. The number of thioether (sulfide) groups is 1. The summed E-state index contributed by atoms with van der Waals surface area (Å²) in [4.78, 5) is 4.92. The van der Waals surface area contributed by atoms with Crippen molar-refractivity contribution in [3.05, 3.63) is 0 Å². The molecule has 1 aliphatic carbocycles. The molecule has 4 atom stereocenters. The third-order valence-corrected chi connectivity index (χ3v) is 5.68.